The van der Waals surface area contributed by atoms with Crippen molar-refractivity contribution in [2.24, 2.45) is 7.05 Å². The summed E-state index contributed by atoms with van der Waals surface area (Å²) >= 11 is 0. The first-order valence-corrected chi connectivity index (χ1v) is 15.2. The van der Waals surface area contributed by atoms with Crippen LogP contribution in [0.5, 0.6) is 0 Å². The summed E-state index contributed by atoms with van der Waals surface area (Å²) in [5.41, 5.74) is -9.14. The number of aryl methyl sites for hydroxylation is 1. The van der Waals surface area contributed by atoms with Gasteiger partial charge in [-0.1, -0.05) is 18.2 Å². The Labute approximate surface area is 290 Å². The normalized spacial score (nSPS) is 16.2. The number of nitrogens with one attached hydrogen (secondary N) is 1. The Morgan fingerprint density at radius 1 is 0.981 bits per heavy atom. The van der Waals surface area contributed by atoms with E-state index in [0.29, 0.717) is 29.2 Å². The number of anilines is 1. The SMILES string of the molecule is Cc1cc(C(F)(F)F)c(-c2ccc(C[C@H](NC(=O)c3c(F)cc(N4CCOC[C@@H]4C(F)(F)F)cc3F)C(=O)O)c3ccc(C(F)(F)F)nc23)c(=O)n1C. The summed E-state index contributed by atoms with van der Waals surface area (Å²) in [7, 11) is 1.13. The predicted molar refractivity (Wildman–Crippen MR) is 164 cm³/mol. The third-order valence-corrected chi connectivity index (χ3v) is 8.60. The van der Waals surface area contributed by atoms with Gasteiger partial charge in [-0.2, -0.15) is 39.5 Å². The zero-order chi connectivity index (χ0) is 39.4. The van der Waals surface area contributed by atoms with Gasteiger partial charge in [0.15, 0.2) is 0 Å². The van der Waals surface area contributed by atoms with Crippen molar-refractivity contribution in [3.63, 3.8) is 0 Å². The number of carboxylic acids is 1. The van der Waals surface area contributed by atoms with Crippen LogP contribution in [-0.4, -0.2) is 64.6 Å². The lowest BCUT2D eigenvalue weighted by Crippen LogP contribution is -2.53. The van der Waals surface area contributed by atoms with E-state index in [-0.39, 0.29) is 23.3 Å². The van der Waals surface area contributed by atoms with E-state index in [1.807, 2.05) is 5.32 Å². The fraction of sp³-hybridized carbons (Fsp3) is 0.333. The number of carbonyl (C=O) groups excluding carboxylic acids is 1. The average Bonchev–Trinajstić information content (AvgIpc) is 3.05. The van der Waals surface area contributed by atoms with Crippen molar-refractivity contribution in [2.45, 2.75) is 44.0 Å². The molecule has 0 spiro atoms. The highest BCUT2D eigenvalue weighted by Crippen LogP contribution is 2.40. The number of alkyl halides is 9. The lowest BCUT2D eigenvalue weighted by Gasteiger charge is -2.38. The molecule has 1 amide bonds. The molecule has 2 N–H and O–H groups in total. The van der Waals surface area contributed by atoms with Crippen molar-refractivity contribution in [3.8, 4) is 11.1 Å². The van der Waals surface area contributed by atoms with Crippen LogP contribution in [0.15, 0.2) is 47.3 Å². The lowest BCUT2D eigenvalue weighted by molar-refractivity contribution is -0.167. The molecule has 4 aromatic rings. The second-order valence-corrected chi connectivity index (χ2v) is 12.0. The number of ether oxygens (including phenoxy) is 1. The van der Waals surface area contributed by atoms with Crippen LogP contribution in [0.3, 0.4) is 0 Å². The number of hydrogen-bond donors (Lipinski definition) is 2. The first-order valence-electron chi connectivity index (χ1n) is 15.2. The maximum Gasteiger partial charge on any atom is 0.433 e. The summed E-state index contributed by atoms with van der Waals surface area (Å²) in [6, 6.07) is 0.166. The summed E-state index contributed by atoms with van der Waals surface area (Å²) in [6.07, 6.45) is -16.0. The highest BCUT2D eigenvalue weighted by Gasteiger charge is 2.46. The van der Waals surface area contributed by atoms with Crippen LogP contribution >= 0.6 is 0 Å². The Hall–Kier alpha value is -5.27. The van der Waals surface area contributed by atoms with Crippen LogP contribution in [0.2, 0.25) is 0 Å². The number of carboxylic acid groups (broad SMARTS) is 1. The van der Waals surface area contributed by atoms with Gasteiger partial charge in [-0.25, -0.2) is 18.6 Å². The van der Waals surface area contributed by atoms with E-state index in [1.54, 1.807) is 0 Å². The van der Waals surface area contributed by atoms with Crippen LogP contribution in [0.4, 0.5) is 54.0 Å². The van der Waals surface area contributed by atoms with Gasteiger partial charge >= 0.3 is 24.5 Å². The third kappa shape index (κ3) is 7.77. The average molecular weight is 767 g/mol. The first kappa shape index (κ1) is 38.9. The molecule has 1 fully saturated rings. The third-order valence-electron chi connectivity index (χ3n) is 8.60. The van der Waals surface area contributed by atoms with Gasteiger partial charge in [0.25, 0.3) is 11.5 Å². The minimum absolute atomic E-state index is 0.134. The number of fused-ring (bicyclic) bond motifs is 1. The predicted octanol–water partition coefficient (Wildman–Crippen LogP) is 6.42. The molecule has 0 bridgehead atoms. The number of morpholine rings is 1. The standard InChI is InChI=1S/C33H25F11N4O5/c1-14-9-19(31(36,37)38)25(29(50)47(14)2)18-4-3-15(17-5-6-23(32(39,40)41)46-27(17)18)10-22(30(51)52)45-28(49)26-20(34)11-16(12-21(26)35)48-7-8-53-13-24(48)33(42,43)44/h3-6,9,11-12,22,24H,7-8,10,13H2,1-2H3,(H,45,49)(H,51,52)/t22-,24+/m0/s1. The Morgan fingerprint density at radius 2 is 1.62 bits per heavy atom. The highest BCUT2D eigenvalue weighted by molar-refractivity contribution is 5.99. The van der Waals surface area contributed by atoms with Gasteiger partial charge in [-0.05, 0) is 36.8 Å². The van der Waals surface area contributed by atoms with Crippen molar-refractivity contribution in [1.82, 2.24) is 14.9 Å². The maximum atomic E-state index is 15.2. The van der Waals surface area contributed by atoms with Crippen LogP contribution in [0, 0.1) is 18.6 Å². The number of benzene rings is 2. The number of pyridine rings is 2. The van der Waals surface area contributed by atoms with Gasteiger partial charge in [-0.15, -0.1) is 0 Å². The fourth-order valence-electron chi connectivity index (χ4n) is 5.90. The van der Waals surface area contributed by atoms with Gasteiger partial charge in [0.2, 0.25) is 0 Å². The number of amides is 1. The summed E-state index contributed by atoms with van der Waals surface area (Å²) in [6.45, 7) is -0.283. The minimum atomic E-state index is -5.16. The second-order valence-electron chi connectivity index (χ2n) is 12.0. The summed E-state index contributed by atoms with van der Waals surface area (Å²) < 4.78 is 160. The van der Waals surface area contributed by atoms with E-state index >= 15 is 8.78 Å². The smallest absolute Gasteiger partial charge is 0.433 e. The minimum Gasteiger partial charge on any atom is -0.480 e. The van der Waals surface area contributed by atoms with Gasteiger partial charge in [0, 0.05) is 42.3 Å². The van der Waals surface area contributed by atoms with Crippen molar-refractivity contribution in [2.75, 3.05) is 24.7 Å². The van der Waals surface area contributed by atoms with E-state index in [4.69, 9.17) is 4.74 Å². The fourth-order valence-corrected chi connectivity index (χ4v) is 5.90. The van der Waals surface area contributed by atoms with Crippen LogP contribution in [0.25, 0.3) is 22.0 Å². The largest absolute Gasteiger partial charge is 0.480 e. The molecule has 284 valence electrons. The van der Waals surface area contributed by atoms with E-state index in [1.165, 1.54) is 6.92 Å². The number of aromatic nitrogens is 2. The quantitative estimate of drug-likeness (QED) is 0.209. The molecule has 3 heterocycles. The molecule has 2 aromatic heterocycles. The zero-order valence-corrected chi connectivity index (χ0v) is 27.1. The van der Waals surface area contributed by atoms with Crippen LogP contribution < -0.4 is 15.8 Å². The Morgan fingerprint density at radius 3 is 2.19 bits per heavy atom. The van der Waals surface area contributed by atoms with Crippen molar-refractivity contribution >= 4 is 28.5 Å². The second kappa shape index (κ2) is 13.9. The van der Waals surface area contributed by atoms with Crippen LogP contribution in [-0.2, 0) is 35.4 Å². The van der Waals surface area contributed by atoms with Gasteiger partial charge in [-0.3, -0.25) is 9.59 Å². The molecule has 1 saturated heterocycles. The molecule has 20 heteroatoms. The lowest BCUT2D eigenvalue weighted by atomic mass is 9.92. The number of carbonyl (C=O) groups is 2. The molecule has 0 unspecified atom stereocenters. The molecule has 0 radical (unpaired) electrons. The summed E-state index contributed by atoms with van der Waals surface area (Å²) in [5, 5.41) is 11.4. The summed E-state index contributed by atoms with van der Waals surface area (Å²) in [5.74, 6) is -6.83. The van der Waals surface area contributed by atoms with Gasteiger partial charge < -0.3 is 24.6 Å². The number of halogens is 11. The first-order chi connectivity index (χ1) is 24.5. The van der Waals surface area contributed by atoms with Crippen molar-refractivity contribution in [1.29, 1.82) is 0 Å². The molecule has 0 saturated carbocycles. The topological polar surface area (TPSA) is 114 Å². The summed E-state index contributed by atoms with van der Waals surface area (Å²) in [4.78, 5) is 42.6. The molecule has 5 rings (SSSR count). The van der Waals surface area contributed by atoms with Crippen molar-refractivity contribution < 1.29 is 67.7 Å². The number of nitrogens with zero attached hydrogens (tertiary/aromatic N) is 3. The zero-order valence-electron chi connectivity index (χ0n) is 27.1. The highest BCUT2D eigenvalue weighted by atomic mass is 19.4. The number of rotatable bonds is 7. The molecule has 0 aliphatic carbocycles. The van der Waals surface area contributed by atoms with E-state index < -0.39 is 118 Å². The van der Waals surface area contributed by atoms with Crippen molar-refractivity contribution in [3.05, 3.63) is 92.5 Å². The van der Waals surface area contributed by atoms with E-state index in [9.17, 15) is 59.0 Å². The Bertz CT molecular complexity index is 2140. The maximum absolute atomic E-state index is 15.2. The van der Waals surface area contributed by atoms with Gasteiger partial charge in [0.1, 0.15) is 35.0 Å². The van der Waals surface area contributed by atoms with E-state index in [0.717, 1.165) is 29.8 Å². The molecule has 1 aliphatic heterocycles. The Kier molecular flexibility index (Phi) is 10.2. The molecule has 2 aromatic carbocycles. The number of aliphatic carboxylic acids is 1. The Balaban J connectivity index is 1.56. The molecule has 2 atom stereocenters. The molecule has 53 heavy (non-hydrogen) atoms. The molecule has 1 aliphatic rings. The van der Waals surface area contributed by atoms with E-state index in [2.05, 4.69) is 4.98 Å². The molecular weight excluding hydrogens is 741 g/mol. The van der Waals surface area contributed by atoms with Gasteiger partial charge in [0.05, 0.1) is 29.9 Å². The molecular formula is C33H25F11N4O5. The molecule has 9 nitrogen and oxygen atoms in total. The van der Waals surface area contributed by atoms with Crippen LogP contribution in [0.1, 0.15) is 32.9 Å². The number of hydrogen-bond acceptors (Lipinski definition) is 6. The monoisotopic (exact) mass is 766 g/mol.